The van der Waals surface area contributed by atoms with Crippen LogP contribution in [-0.4, -0.2) is 21.6 Å². The van der Waals surface area contributed by atoms with Gasteiger partial charge in [0.05, 0.1) is 0 Å². The number of benzene rings is 1. The molecular formula is C14H16N2O3. The van der Waals surface area contributed by atoms with Crippen LogP contribution in [0.2, 0.25) is 0 Å². The van der Waals surface area contributed by atoms with E-state index in [1.165, 1.54) is 7.05 Å². The van der Waals surface area contributed by atoms with Crippen molar-refractivity contribution in [2.24, 2.45) is 7.05 Å². The number of aromatic hydroxyl groups is 1. The summed E-state index contributed by atoms with van der Waals surface area (Å²) in [4.78, 5) is 24.2. The maximum Gasteiger partial charge on any atom is 0.260 e. The lowest BCUT2D eigenvalue weighted by molar-refractivity contribution is 0.0941. The standard InChI is InChI=1S/C14H16N2O3/c1-8(2)15-12(17)11-9-6-4-5-7-10(9)13(18)16(3)14(11)19/h4-8,19H,1-3H3,(H,15,17). The topological polar surface area (TPSA) is 71.3 Å². The number of pyridine rings is 1. The van der Waals surface area contributed by atoms with Gasteiger partial charge in [0.15, 0.2) is 0 Å². The highest BCUT2D eigenvalue weighted by molar-refractivity contribution is 6.08. The lowest BCUT2D eigenvalue weighted by Crippen LogP contribution is -2.32. The Balaban J connectivity index is 2.80. The molecule has 5 nitrogen and oxygen atoms in total. The van der Waals surface area contributed by atoms with E-state index in [2.05, 4.69) is 5.32 Å². The summed E-state index contributed by atoms with van der Waals surface area (Å²) in [6.07, 6.45) is 0. The Morgan fingerprint density at radius 1 is 1.26 bits per heavy atom. The van der Waals surface area contributed by atoms with E-state index in [1.54, 1.807) is 24.3 Å². The SMILES string of the molecule is CC(C)NC(=O)c1c(O)n(C)c(=O)c2ccccc12. The van der Waals surface area contributed by atoms with Gasteiger partial charge in [-0.25, -0.2) is 0 Å². The van der Waals surface area contributed by atoms with Crippen LogP contribution >= 0.6 is 0 Å². The molecule has 1 aromatic heterocycles. The number of carbonyl (C=O) groups excluding carboxylic acids is 1. The van der Waals surface area contributed by atoms with Crippen LogP contribution in [0.25, 0.3) is 10.8 Å². The van der Waals surface area contributed by atoms with Crippen molar-refractivity contribution < 1.29 is 9.90 Å². The molecule has 0 saturated heterocycles. The molecule has 2 N–H and O–H groups in total. The van der Waals surface area contributed by atoms with Gasteiger partial charge in [-0.2, -0.15) is 0 Å². The molecule has 1 heterocycles. The highest BCUT2D eigenvalue weighted by Crippen LogP contribution is 2.23. The lowest BCUT2D eigenvalue weighted by Gasteiger charge is -2.14. The summed E-state index contributed by atoms with van der Waals surface area (Å²) in [5.74, 6) is -0.707. The van der Waals surface area contributed by atoms with Crippen LogP contribution in [0.5, 0.6) is 5.88 Å². The van der Waals surface area contributed by atoms with Crippen molar-refractivity contribution >= 4 is 16.7 Å². The van der Waals surface area contributed by atoms with Crippen LogP contribution in [0.3, 0.4) is 0 Å². The molecule has 2 aromatic rings. The zero-order chi connectivity index (χ0) is 14.2. The quantitative estimate of drug-likeness (QED) is 0.857. The predicted molar refractivity (Wildman–Crippen MR) is 73.5 cm³/mol. The Morgan fingerprint density at radius 3 is 2.42 bits per heavy atom. The van der Waals surface area contributed by atoms with Crippen LogP contribution in [0.1, 0.15) is 24.2 Å². The number of rotatable bonds is 2. The van der Waals surface area contributed by atoms with Crippen molar-refractivity contribution in [2.45, 2.75) is 19.9 Å². The molecular weight excluding hydrogens is 244 g/mol. The van der Waals surface area contributed by atoms with E-state index in [0.717, 1.165) is 4.57 Å². The maximum atomic E-state index is 12.2. The molecule has 0 unspecified atom stereocenters. The Morgan fingerprint density at radius 2 is 1.84 bits per heavy atom. The van der Waals surface area contributed by atoms with Crippen LogP contribution in [0, 0.1) is 0 Å². The van der Waals surface area contributed by atoms with Gasteiger partial charge in [-0.05, 0) is 19.9 Å². The second-order valence-electron chi connectivity index (χ2n) is 4.74. The van der Waals surface area contributed by atoms with Gasteiger partial charge in [0.25, 0.3) is 11.5 Å². The highest BCUT2D eigenvalue weighted by atomic mass is 16.3. The van der Waals surface area contributed by atoms with Gasteiger partial charge in [0.1, 0.15) is 5.56 Å². The summed E-state index contributed by atoms with van der Waals surface area (Å²) in [6.45, 7) is 3.66. The van der Waals surface area contributed by atoms with Crippen LogP contribution in [-0.2, 0) is 7.05 Å². The first-order chi connectivity index (χ1) is 8.93. The first kappa shape index (κ1) is 13.1. The molecule has 0 spiro atoms. The molecule has 100 valence electrons. The van der Waals surface area contributed by atoms with Crippen molar-refractivity contribution in [2.75, 3.05) is 0 Å². The van der Waals surface area contributed by atoms with E-state index in [4.69, 9.17) is 0 Å². The summed E-state index contributed by atoms with van der Waals surface area (Å²) in [5, 5.41) is 13.7. The molecule has 0 atom stereocenters. The van der Waals surface area contributed by atoms with E-state index in [-0.39, 0.29) is 29.0 Å². The molecule has 1 amide bonds. The number of hydrogen-bond acceptors (Lipinski definition) is 3. The number of amides is 1. The fourth-order valence-electron chi connectivity index (χ4n) is 2.01. The van der Waals surface area contributed by atoms with Crippen molar-refractivity contribution in [3.63, 3.8) is 0 Å². The van der Waals surface area contributed by atoms with Crippen molar-refractivity contribution in [1.82, 2.24) is 9.88 Å². The van der Waals surface area contributed by atoms with E-state index < -0.39 is 0 Å². The number of hydrogen-bond donors (Lipinski definition) is 2. The summed E-state index contributed by atoms with van der Waals surface area (Å²) in [7, 11) is 1.44. The molecule has 0 aliphatic rings. The van der Waals surface area contributed by atoms with Gasteiger partial charge in [-0.3, -0.25) is 14.2 Å². The Bertz CT molecular complexity index is 702. The number of aromatic nitrogens is 1. The van der Waals surface area contributed by atoms with E-state index >= 15 is 0 Å². The molecule has 0 aliphatic carbocycles. The second kappa shape index (κ2) is 4.76. The molecule has 0 bridgehead atoms. The summed E-state index contributed by atoms with van der Waals surface area (Å²) < 4.78 is 1.08. The molecule has 5 heteroatoms. The van der Waals surface area contributed by atoms with Crippen molar-refractivity contribution in [3.05, 3.63) is 40.2 Å². The summed E-state index contributed by atoms with van der Waals surface area (Å²) in [5.41, 5.74) is -0.194. The third kappa shape index (κ3) is 2.19. The average Bonchev–Trinajstić information content (AvgIpc) is 2.35. The first-order valence-electron chi connectivity index (χ1n) is 6.05. The molecule has 0 saturated carbocycles. The number of nitrogens with zero attached hydrogens (tertiary/aromatic N) is 1. The van der Waals surface area contributed by atoms with Gasteiger partial charge < -0.3 is 10.4 Å². The third-order valence-electron chi connectivity index (χ3n) is 2.92. The molecule has 0 fully saturated rings. The molecule has 0 radical (unpaired) electrons. The zero-order valence-electron chi connectivity index (χ0n) is 11.1. The number of fused-ring (bicyclic) bond motifs is 1. The first-order valence-corrected chi connectivity index (χ1v) is 6.05. The lowest BCUT2D eigenvalue weighted by atomic mass is 10.1. The smallest absolute Gasteiger partial charge is 0.260 e. The Labute approximate surface area is 110 Å². The monoisotopic (exact) mass is 260 g/mol. The third-order valence-corrected chi connectivity index (χ3v) is 2.92. The van der Waals surface area contributed by atoms with Gasteiger partial charge in [-0.1, -0.05) is 18.2 Å². The fourth-order valence-corrected chi connectivity index (χ4v) is 2.01. The molecule has 0 aliphatic heterocycles. The van der Waals surface area contributed by atoms with Gasteiger partial charge >= 0.3 is 0 Å². The second-order valence-corrected chi connectivity index (χ2v) is 4.74. The predicted octanol–water partition coefficient (Wildman–Crippen LogP) is 1.38. The fraction of sp³-hybridized carbons (Fsp3) is 0.286. The summed E-state index contributed by atoms with van der Waals surface area (Å²) in [6, 6.07) is 6.70. The van der Waals surface area contributed by atoms with Gasteiger partial charge in [-0.15, -0.1) is 0 Å². The number of nitrogens with one attached hydrogen (secondary N) is 1. The maximum absolute atomic E-state index is 12.2. The molecule has 1 aromatic carbocycles. The highest BCUT2D eigenvalue weighted by Gasteiger charge is 2.20. The Hall–Kier alpha value is -2.30. The van der Waals surface area contributed by atoms with E-state index in [0.29, 0.717) is 10.8 Å². The van der Waals surface area contributed by atoms with Crippen LogP contribution in [0.4, 0.5) is 0 Å². The van der Waals surface area contributed by atoms with Gasteiger partial charge in [0.2, 0.25) is 5.88 Å². The van der Waals surface area contributed by atoms with Crippen molar-refractivity contribution in [3.8, 4) is 5.88 Å². The number of carbonyl (C=O) groups is 1. The largest absolute Gasteiger partial charge is 0.494 e. The minimum atomic E-state index is -0.390. The van der Waals surface area contributed by atoms with Crippen LogP contribution in [0.15, 0.2) is 29.1 Å². The Kier molecular flexibility index (Phi) is 3.29. The zero-order valence-corrected chi connectivity index (χ0v) is 11.1. The van der Waals surface area contributed by atoms with E-state index in [9.17, 15) is 14.7 Å². The van der Waals surface area contributed by atoms with Crippen LogP contribution < -0.4 is 10.9 Å². The van der Waals surface area contributed by atoms with Crippen molar-refractivity contribution in [1.29, 1.82) is 0 Å². The minimum absolute atomic E-state index is 0.0529. The molecule has 19 heavy (non-hydrogen) atoms. The normalized spacial score (nSPS) is 10.9. The summed E-state index contributed by atoms with van der Waals surface area (Å²) >= 11 is 0. The molecule has 2 rings (SSSR count). The van der Waals surface area contributed by atoms with Gasteiger partial charge in [0, 0.05) is 23.9 Å². The van der Waals surface area contributed by atoms with E-state index in [1.807, 2.05) is 13.8 Å². The minimum Gasteiger partial charge on any atom is -0.494 e. The average molecular weight is 260 g/mol.